The largest absolute Gasteiger partial charge is 0.347 e. The lowest BCUT2D eigenvalue weighted by molar-refractivity contribution is -0.116. The summed E-state index contributed by atoms with van der Waals surface area (Å²) < 4.78 is 1.61. The predicted octanol–water partition coefficient (Wildman–Crippen LogP) is 1.71. The molecule has 0 saturated heterocycles. The van der Waals surface area contributed by atoms with Gasteiger partial charge in [0.05, 0.1) is 35.5 Å². The average molecular weight is 405 g/mol. The normalized spacial score (nSPS) is 10.5. The second kappa shape index (κ2) is 9.08. The molecule has 0 radical (unpaired) electrons. The predicted molar refractivity (Wildman–Crippen MR) is 111 cm³/mol. The van der Waals surface area contributed by atoms with Crippen LogP contribution in [0.4, 0.5) is 0 Å². The number of benzene rings is 1. The Kier molecular flexibility index (Phi) is 6.31. The summed E-state index contributed by atoms with van der Waals surface area (Å²) in [6, 6.07) is 7.56. The molecule has 9 heteroatoms. The molecule has 3 rings (SSSR count). The molecule has 2 N–H and O–H groups in total. The van der Waals surface area contributed by atoms with Gasteiger partial charge < -0.3 is 10.6 Å². The first-order valence-electron chi connectivity index (χ1n) is 9.38. The molecule has 0 atom stereocenters. The average Bonchev–Trinajstić information content (AvgIpc) is 3.22. The van der Waals surface area contributed by atoms with Gasteiger partial charge in [-0.2, -0.15) is 0 Å². The van der Waals surface area contributed by atoms with Gasteiger partial charge in [-0.15, -0.1) is 5.10 Å². The van der Waals surface area contributed by atoms with Crippen molar-refractivity contribution in [2.75, 3.05) is 0 Å². The lowest BCUT2D eigenvalue weighted by atomic mass is 10.2. The van der Waals surface area contributed by atoms with Crippen molar-refractivity contribution in [1.29, 1.82) is 0 Å². The lowest BCUT2D eigenvalue weighted by Crippen LogP contribution is -2.25. The molecule has 0 bridgehead atoms. The van der Waals surface area contributed by atoms with E-state index in [9.17, 15) is 9.59 Å². The molecular weight excluding hydrogens is 382 g/mol. The molecular formula is C21H23N7O2. The highest BCUT2D eigenvalue weighted by Crippen LogP contribution is 2.11. The number of carbonyl (C=O) groups is 2. The Labute approximate surface area is 174 Å². The van der Waals surface area contributed by atoms with Crippen LogP contribution < -0.4 is 10.6 Å². The monoisotopic (exact) mass is 405 g/mol. The Bertz CT molecular complexity index is 1100. The van der Waals surface area contributed by atoms with E-state index in [4.69, 9.17) is 0 Å². The fourth-order valence-corrected chi connectivity index (χ4v) is 2.76. The Morgan fingerprint density at radius 2 is 1.83 bits per heavy atom. The second-order valence-corrected chi connectivity index (χ2v) is 6.76. The zero-order valence-electron chi connectivity index (χ0n) is 17.1. The lowest BCUT2D eigenvalue weighted by Gasteiger charge is -2.10. The van der Waals surface area contributed by atoms with E-state index in [0.717, 1.165) is 22.6 Å². The van der Waals surface area contributed by atoms with Crippen LogP contribution in [-0.4, -0.2) is 36.8 Å². The third-order valence-electron chi connectivity index (χ3n) is 4.49. The number of hydrogen-bond acceptors (Lipinski definition) is 6. The SMILES string of the molecule is C=CC(=O)NCc1cn(-c2cccc(CNC(=O)c3nc(C)c(C)nc3C)c2)nn1. The maximum absolute atomic E-state index is 12.5. The molecule has 0 aliphatic carbocycles. The first kappa shape index (κ1) is 20.8. The molecule has 30 heavy (non-hydrogen) atoms. The Morgan fingerprint density at radius 1 is 1.07 bits per heavy atom. The molecule has 0 fully saturated rings. The zero-order chi connectivity index (χ0) is 21.7. The minimum absolute atomic E-state index is 0.261. The number of aryl methyl sites for hydroxylation is 3. The van der Waals surface area contributed by atoms with E-state index in [1.165, 1.54) is 6.08 Å². The molecule has 0 saturated carbocycles. The Morgan fingerprint density at radius 3 is 2.60 bits per heavy atom. The van der Waals surface area contributed by atoms with Crippen LogP contribution in [0.3, 0.4) is 0 Å². The van der Waals surface area contributed by atoms with Gasteiger partial charge in [-0.25, -0.2) is 9.67 Å². The van der Waals surface area contributed by atoms with Crippen LogP contribution in [0, 0.1) is 20.8 Å². The Balaban J connectivity index is 1.67. The molecule has 0 aliphatic rings. The maximum atomic E-state index is 12.5. The maximum Gasteiger partial charge on any atom is 0.272 e. The summed E-state index contributed by atoms with van der Waals surface area (Å²) in [7, 11) is 0. The van der Waals surface area contributed by atoms with Crippen LogP contribution in [0.1, 0.15) is 38.8 Å². The summed E-state index contributed by atoms with van der Waals surface area (Å²) in [6.07, 6.45) is 2.93. The highest BCUT2D eigenvalue weighted by molar-refractivity contribution is 5.93. The summed E-state index contributed by atoms with van der Waals surface area (Å²) in [5.74, 6) is -0.541. The number of hydrogen-bond donors (Lipinski definition) is 2. The van der Waals surface area contributed by atoms with Crippen molar-refractivity contribution in [3.05, 3.63) is 77.2 Å². The van der Waals surface area contributed by atoms with E-state index in [1.807, 2.05) is 38.1 Å². The summed E-state index contributed by atoms with van der Waals surface area (Å²) in [6.45, 7) is 9.47. The number of aromatic nitrogens is 5. The number of amides is 2. The highest BCUT2D eigenvalue weighted by Gasteiger charge is 2.14. The molecule has 2 amide bonds. The first-order chi connectivity index (χ1) is 14.4. The van der Waals surface area contributed by atoms with Crippen molar-refractivity contribution >= 4 is 11.8 Å². The number of carbonyl (C=O) groups excluding carboxylic acids is 2. The Hall–Kier alpha value is -3.88. The van der Waals surface area contributed by atoms with Gasteiger partial charge in [-0.1, -0.05) is 23.9 Å². The van der Waals surface area contributed by atoms with Crippen molar-refractivity contribution in [3.63, 3.8) is 0 Å². The second-order valence-electron chi connectivity index (χ2n) is 6.76. The number of nitrogens with zero attached hydrogens (tertiary/aromatic N) is 5. The van der Waals surface area contributed by atoms with Gasteiger partial charge in [0, 0.05) is 6.54 Å². The van der Waals surface area contributed by atoms with Gasteiger partial charge in [0.1, 0.15) is 11.4 Å². The van der Waals surface area contributed by atoms with Crippen LogP contribution in [-0.2, 0) is 17.9 Å². The van der Waals surface area contributed by atoms with E-state index >= 15 is 0 Å². The van der Waals surface area contributed by atoms with Crippen molar-refractivity contribution in [3.8, 4) is 5.69 Å². The number of nitrogens with one attached hydrogen (secondary N) is 2. The topological polar surface area (TPSA) is 115 Å². The van der Waals surface area contributed by atoms with E-state index in [1.54, 1.807) is 17.8 Å². The molecule has 2 aromatic heterocycles. The smallest absolute Gasteiger partial charge is 0.272 e. The standard InChI is InChI=1S/C21H23N7O2/c1-5-19(29)22-11-17-12-28(27-26-17)18-8-6-7-16(9-18)10-23-21(30)20-15(4)24-13(2)14(3)25-20/h5-9,12H,1,10-11H2,2-4H3,(H,22,29)(H,23,30). The first-order valence-corrected chi connectivity index (χ1v) is 9.38. The fraction of sp³-hybridized carbons (Fsp3) is 0.238. The van der Waals surface area contributed by atoms with Crippen molar-refractivity contribution in [1.82, 2.24) is 35.6 Å². The third-order valence-corrected chi connectivity index (χ3v) is 4.49. The van der Waals surface area contributed by atoms with Crippen molar-refractivity contribution in [2.24, 2.45) is 0 Å². The molecule has 0 spiro atoms. The summed E-state index contributed by atoms with van der Waals surface area (Å²) in [4.78, 5) is 32.5. The van der Waals surface area contributed by atoms with Crippen LogP contribution >= 0.6 is 0 Å². The minimum Gasteiger partial charge on any atom is -0.347 e. The van der Waals surface area contributed by atoms with E-state index in [-0.39, 0.29) is 18.4 Å². The van der Waals surface area contributed by atoms with Gasteiger partial charge >= 0.3 is 0 Å². The summed E-state index contributed by atoms with van der Waals surface area (Å²) >= 11 is 0. The van der Waals surface area contributed by atoms with Gasteiger partial charge in [0.15, 0.2) is 0 Å². The van der Waals surface area contributed by atoms with E-state index < -0.39 is 0 Å². The fourth-order valence-electron chi connectivity index (χ4n) is 2.76. The van der Waals surface area contributed by atoms with Crippen LogP contribution in [0.5, 0.6) is 0 Å². The van der Waals surface area contributed by atoms with E-state index in [0.29, 0.717) is 23.6 Å². The third kappa shape index (κ3) is 4.93. The summed E-state index contributed by atoms with van der Waals surface area (Å²) in [5, 5.41) is 13.7. The molecule has 3 aromatic rings. The zero-order valence-corrected chi connectivity index (χ0v) is 17.1. The molecule has 2 heterocycles. The molecule has 1 aromatic carbocycles. The van der Waals surface area contributed by atoms with Gasteiger partial charge in [-0.3, -0.25) is 14.6 Å². The van der Waals surface area contributed by atoms with Crippen LogP contribution in [0.25, 0.3) is 5.69 Å². The van der Waals surface area contributed by atoms with Gasteiger partial charge in [0.2, 0.25) is 5.91 Å². The van der Waals surface area contributed by atoms with Crippen molar-refractivity contribution < 1.29 is 9.59 Å². The molecule has 154 valence electrons. The molecule has 9 nitrogen and oxygen atoms in total. The van der Waals surface area contributed by atoms with Crippen molar-refractivity contribution in [2.45, 2.75) is 33.9 Å². The van der Waals surface area contributed by atoms with Gasteiger partial charge in [-0.05, 0) is 44.5 Å². The summed E-state index contributed by atoms with van der Waals surface area (Å²) in [5.41, 5.74) is 4.78. The minimum atomic E-state index is -0.272. The molecule has 0 aliphatic heterocycles. The van der Waals surface area contributed by atoms with Gasteiger partial charge in [0.25, 0.3) is 5.91 Å². The van der Waals surface area contributed by atoms with Crippen LogP contribution in [0.15, 0.2) is 43.1 Å². The highest BCUT2D eigenvalue weighted by atomic mass is 16.2. The van der Waals surface area contributed by atoms with E-state index in [2.05, 4.69) is 37.5 Å². The molecule has 0 unspecified atom stereocenters. The number of rotatable bonds is 7. The quantitative estimate of drug-likeness (QED) is 0.579. The van der Waals surface area contributed by atoms with Crippen LogP contribution in [0.2, 0.25) is 0 Å².